The molecule has 0 bridgehead atoms. The van der Waals surface area contributed by atoms with Crippen molar-refractivity contribution in [3.05, 3.63) is 35.4 Å². The number of benzene rings is 1. The van der Waals surface area contributed by atoms with Crippen LogP contribution in [0.3, 0.4) is 0 Å². The van der Waals surface area contributed by atoms with E-state index in [0.29, 0.717) is 0 Å². The number of hydrogen-bond donors (Lipinski definition) is 2. The molecule has 1 aromatic rings. The molecular weight excluding hydrogens is 202 g/mol. The van der Waals surface area contributed by atoms with Crippen molar-refractivity contribution in [2.45, 2.75) is 13.3 Å². The van der Waals surface area contributed by atoms with E-state index in [0.717, 1.165) is 6.07 Å². The molecule has 0 heterocycles. The standard InChI is InChI=1S/C11H14F2O2/c1-11(6-14,7-15)5-8-3-2-4-9(12)10(8)13/h2-4,14-15H,5-7H2,1H3. The Balaban J connectivity index is 2.94. The van der Waals surface area contributed by atoms with E-state index in [1.165, 1.54) is 12.1 Å². The lowest BCUT2D eigenvalue weighted by Crippen LogP contribution is -2.29. The highest BCUT2D eigenvalue weighted by atomic mass is 19.2. The fourth-order valence-corrected chi connectivity index (χ4v) is 1.31. The van der Waals surface area contributed by atoms with Crippen LogP contribution in [0, 0.1) is 17.0 Å². The second-order valence-electron chi connectivity index (χ2n) is 4.02. The topological polar surface area (TPSA) is 40.5 Å². The van der Waals surface area contributed by atoms with Gasteiger partial charge in [0.25, 0.3) is 0 Å². The molecule has 0 saturated heterocycles. The van der Waals surface area contributed by atoms with Gasteiger partial charge >= 0.3 is 0 Å². The first-order valence-corrected chi connectivity index (χ1v) is 4.67. The lowest BCUT2D eigenvalue weighted by atomic mass is 9.85. The molecule has 84 valence electrons. The monoisotopic (exact) mass is 216 g/mol. The van der Waals surface area contributed by atoms with E-state index in [1.807, 2.05) is 0 Å². The van der Waals surface area contributed by atoms with Gasteiger partial charge in [0.05, 0.1) is 13.2 Å². The Hall–Kier alpha value is -1.00. The summed E-state index contributed by atoms with van der Waals surface area (Å²) in [4.78, 5) is 0. The van der Waals surface area contributed by atoms with E-state index in [9.17, 15) is 8.78 Å². The van der Waals surface area contributed by atoms with Gasteiger partial charge in [-0.05, 0) is 18.1 Å². The first-order valence-electron chi connectivity index (χ1n) is 4.67. The van der Waals surface area contributed by atoms with Gasteiger partial charge in [0.2, 0.25) is 0 Å². The van der Waals surface area contributed by atoms with E-state index in [2.05, 4.69) is 0 Å². The summed E-state index contributed by atoms with van der Waals surface area (Å²) in [6.07, 6.45) is 0.101. The normalized spacial score (nSPS) is 11.8. The second-order valence-corrected chi connectivity index (χ2v) is 4.02. The van der Waals surface area contributed by atoms with Gasteiger partial charge in [-0.2, -0.15) is 0 Å². The molecule has 15 heavy (non-hydrogen) atoms. The zero-order valence-electron chi connectivity index (χ0n) is 8.50. The van der Waals surface area contributed by atoms with Gasteiger partial charge in [0, 0.05) is 5.41 Å². The maximum absolute atomic E-state index is 13.3. The first kappa shape index (κ1) is 12.1. The quantitative estimate of drug-likeness (QED) is 0.800. The van der Waals surface area contributed by atoms with Crippen LogP contribution >= 0.6 is 0 Å². The largest absolute Gasteiger partial charge is 0.396 e. The summed E-state index contributed by atoms with van der Waals surface area (Å²) in [5, 5.41) is 18.1. The zero-order valence-corrected chi connectivity index (χ0v) is 8.50. The third-order valence-electron chi connectivity index (χ3n) is 2.41. The van der Waals surface area contributed by atoms with Crippen molar-refractivity contribution < 1.29 is 19.0 Å². The summed E-state index contributed by atoms with van der Waals surface area (Å²) in [5.74, 6) is -1.82. The molecule has 0 radical (unpaired) electrons. The summed E-state index contributed by atoms with van der Waals surface area (Å²) in [6, 6.07) is 3.89. The van der Waals surface area contributed by atoms with E-state index >= 15 is 0 Å². The fraction of sp³-hybridized carbons (Fsp3) is 0.455. The lowest BCUT2D eigenvalue weighted by Gasteiger charge is -2.24. The van der Waals surface area contributed by atoms with Crippen molar-refractivity contribution in [3.8, 4) is 0 Å². The van der Waals surface area contributed by atoms with Crippen LogP contribution in [0.25, 0.3) is 0 Å². The summed E-state index contributed by atoms with van der Waals surface area (Å²) in [6.45, 7) is 1.05. The highest BCUT2D eigenvalue weighted by Gasteiger charge is 2.25. The van der Waals surface area contributed by atoms with Crippen LogP contribution in [0.15, 0.2) is 18.2 Å². The van der Waals surface area contributed by atoms with Gasteiger partial charge in [0.1, 0.15) is 0 Å². The fourth-order valence-electron chi connectivity index (χ4n) is 1.31. The molecule has 1 aromatic carbocycles. The first-order chi connectivity index (χ1) is 7.02. The Kier molecular flexibility index (Phi) is 3.77. The molecule has 1 rings (SSSR count). The second kappa shape index (κ2) is 4.68. The van der Waals surface area contributed by atoms with Crippen LogP contribution in [0.4, 0.5) is 8.78 Å². The predicted octanol–water partition coefficient (Wildman–Crippen LogP) is 1.50. The number of aliphatic hydroxyl groups is 2. The van der Waals surface area contributed by atoms with Crippen LogP contribution in [0.5, 0.6) is 0 Å². The molecule has 0 fully saturated rings. The Morgan fingerprint density at radius 2 is 1.80 bits per heavy atom. The molecular formula is C11H14F2O2. The average Bonchev–Trinajstić information content (AvgIpc) is 2.25. The van der Waals surface area contributed by atoms with Crippen molar-refractivity contribution in [1.82, 2.24) is 0 Å². The molecule has 4 heteroatoms. The molecule has 0 amide bonds. The van der Waals surface area contributed by atoms with Crippen LogP contribution in [0.2, 0.25) is 0 Å². The van der Waals surface area contributed by atoms with Gasteiger partial charge in [-0.25, -0.2) is 8.78 Å². The van der Waals surface area contributed by atoms with Crippen LogP contribution in [-0.2, 0) is 6.42 Å². The van der Waals surface area contributed by atoms with Gasteiger partial charge in [-0.1, -0.05) is 19.1 Å². The van der Waals surface area contributed by atoms with Crippen molar-refractivity contribution in [3.63, 3.8) is 0 Å². The minimum atomic E-state index is -0.911. The molecule has 0 saturated carbocycles. The minimum absolute atomic E-state index is 0.101. The third-order valence-corrected chi connectivity index (χ3v) is 2.41. The van der Waals surface area contributed by atoms with Crippen molar-refractivity contribution in [2.24, 2.45) is 5.41 Å². The maximum atomic E-state index is 13.3. The Bertz CT molecular complexity index is 335. The molecule has 0 unspecified atom stereocenters. The third kappa shape index (κ3) is 2.73. The van der Waals surface area contributed by atoms with Crippen molar-refractivity contribution in [2.75, 3.05) is 13.2 Å². The summed E-state index contributed by atoms with van der Waals surface area (Å²) < 4.78 is 26.1. The summed E-state index contributed by atoms with van der Waals surface area (Å²) in [5.41, 5.74) is -0.658. The zero-order chi connectivity index (χ0) is 11.5. The van der Waals surface area contributed by atoms with Crippen LogP contribution in [0.1, 0.15) is 12.5 Å². The summed E-state index contributed by atoms with van der Waals surface area (Å²) >= 11 is 0. The Labute approximate surface area is 87.2 Å². The van der Waals surface area contributed by atoms with E-state index in [-0.39, 0.29) is 25.2 Å². The molecule has 2 N–H and O–H groups in total. The molecule has 0 atom stereocenters. The van der Waals surface area contributed by atoms with Gasteiger partial charge in [-0.15, -0.1) is 0 Å². The number of aliphatic hydroxyl groups excluding tert-OH is 2. The predicted molar refractivity (Wildman–Crippen MR) is 52.3 cm³/mol. The van der Waals surface area contributed by atoms with Crippen molar-refractivity contribution >= 4 is 0 Å². The highest BCUT2D eigenvalue weighted by molar-refractivity contribution is 5.20. The lowest BCUT2D eigenvalue weighted by molar-refractivity contribution is 0.0696. The van der Waals surface area contributed by atoms with Crippen LogP contribution in [-0.4, -0.2) is 23.4 Å². The average molecular weight is 216 g/mol. The van der Waals surface area contributed by atoms with Crippen LogP contribution < -0.4 is 0 Å². The molecule has 0 aromatic heterocycles. The molecule has 2 nitrogen and oxygen atoms in total. The SMILES string of the molecule is CC(CO)(CO)Cc1cccc(F)c1F. The van der Waals surface area contributed by atoms with E-state index < -0.39 is 17.0 Å². The maximum Gasteiger partial charge on any atom is 0.162 e. The summed E-state index contributed by atoms with van der Waals surface area (Å²) in [7, 11) is 0. The molecule has 0 aliphatic heterocycles. The molecule has 0 spiro atoms. The van der Waals surface area contributed by atoms with Gasteiger partial charge in [-0.3, -0.25) is 0 Å². The van der Waals surface area contributed by atoms with Gasteiger partial charge in [0.15, 0.2) is 11.6 Å². The number of rotatable bonds is 4. The number of halogens is 2. The van der Waals surface area contributed by atoms with Crippen molar-refractivity contribution in [1.29, 1.82) is 0 Å². The Morgan fingerprint density at radius 3 is 2.33 bits per heavy atom. The molecule has 0 aliphatic carbocycles. The minimum Gasteiger partial charge on any atom is -0.396 e. The van der Waals surface area contributed by atoms with E-state index in [1.54, 1.807) is 6.92 Å². The smallest absolute Gasteiger partial charge is 0.162 e. The molecule has 0 aliphatic rings. The van der Waals surface area contributed by atoms with Gasteiger partial charge < -0.3 is 10.2 Å². The highest BCUT2D eigenvalue weighted by Crippen LogP contribution is 2.23. The number of hydrogen-bond acceptors (Lipinski definition) is 2. The Morgan fingerprint density at radius 1 is 1.20 bits per heavy atom. The van der Waals surface area contributed by atoms with E-state index in [4.69, 9.17) is 10.2 Å².